The number of carbonyl (C=O) groups excluding carboxylic acids is 2. The molecular formula is C41H49N7O4. The van der Waals surface area contributed by atoms with E-state index in [1.165, 1.54) is 11.3 Å². The molecule has 272 valence electrons. The Labute approximate surface area is 305 Å². The highest BCUT2D eigenvalue weighted by atomic mass is 16.5. The van der Waals surface area contributed by atoms with Crippen LogP contribution in [0.4, 0.5) is 11.4 Å². The van der Waals surface area contributed by atoms with Crippen molar-refractivity contribution in [1.29, 1.82) is 0 Å². The van der Waals surface area contributed by atoms with Gasteiger partial charge in [-0.1, -0.05) is 18.7 Å². The molecule has 0 unspecified atom stereocenters. The minimum Gasteiger partial charge on any atom is -0.384 e. The fourth-order valence-corrected chi connectivity index (χ4v) is 8.41. The number of unbranched alkanes of at least 4 members (excludes halogenated alkanes) is 1. The second kappa shape index (κ2) is 14.7. The van der Waals surface area contributed by atoms with Crippen LogP contribution < -0.4 is 15.5 Å². The Bertz CT molecular complexity index is 2010. The van der Waals surface area contributed by atoms with Gasteiger partial charge in [0.25, 0.3) is 5.91 Å². The quantitative estimate of drug-likeness (QED) is 0.186. The third kappa shape index (κ3) is 6.67. The number of aryl methyl sites for hydroxylation is 1. The molecule has 2 aromatic heterocycles. The molecule has 4 aliphatic heterocycles. The van der Waals surface area contributed by atoms with Crippen molar-refractivity contribution in [2.75, 3.05) is 56.2 Å². The van der Waals surface area contributed by atoms with Crippen molar-refractivity contribution in [3.8, 4) is 11.3 Å². The lowest BCUT2D eigenvalue weighted by molar-refractivity contribution is -0.130. The lowest BCUT2D eigenvalue weighted by Crippen LogP contribution is -2.37. The zero-order valence-corrected chi connectivity index (χ0v) is 30.4. The Morgan fingerprint density at radius 1 is 1.06 bits per heavy atom. The molecule has 4 aromatic rings. The maximum absolute atomic E-state index is 12.5. The number of rotatable bonds is 10. The average molecular weight is 704 g/mol. The summed E-state index contributed by atoms with van der Waals surface area (Å²) in [6.45, 7) is 14.8. The van der Waals surface area contributed by atoms with E-state index in [0.29, 0.717) is 30.3 Å². The molecule has 52 heavy (non-hydrogen) atoms. The molecule has 2 fully saturated rings. The van der Waals surface area contributed by atoms with Crippen LogP contribution in [0.2, 0.25) is 0 Å². The van der Waals surface area contributed by atoms with Gasteiger partial charge in [0.15, 0.2) is 0 Å². The predicted octanol–water partition coefficient (Wildman–Crippen LogP) is 6.25. The Morgan fingerprint density at radius 2 is 1.88 bits per heavy atom. The molecule has 11 nitrogen and oxygen atoms in total. The summed E-state index contributed by atoms with van der Waals surface area (Å²) >= 11 is 0. The molecule has 0 radical (unpaired) electrons. The number of amides is 2. The van der Waals surface area contributed by atoms with Gasteiger partial charge in [-0.05, 0) is 75.3 Å². The summed E-state index contributed by atoms with van der Waals surface area (Å²) in [6, 6.07) is 12.4. The van der Waals surface area contributed by atoms with Crippen molar-refractivity contribution in [2.24, 2.45) is 0 Å². The van der Waals surface area contributed by atoms with E-state index >= 15 is 0 Å². The van der Waals surface area contributed by atoms with E-state index in [0.717, 1.165) is 129 Å². The number of ether oxygens (including phenoxy) is 2. The maximum atomic E-state index is 12.5. The standard InChI is InChI=1S/C41H49N7O4/c1-26-23-33-32(39-37-25-47(28(3)49)18-19-48(37)40(45-39)29-12-21-51-22-13-29)9-15-43-35(33)24-36(26)46-16-10-30(11-17-46)52-20-5-4-14-42-34-8-6-7-31-27(2)44-41(50)38(31)34/h6-9,15,23-24,29-30,42H,2,4-5,10-14,16-22,25H2,1,3H3,(H,44,50). The van der Waals surface area contributed by atoms with E-state index in [2.05, 4.69) is 51.8 Å². The summed E-state index contributed by atoms with van der Waals surface area (Å²) in [5.74, 6) is 1.51. The number of benzene rings is 2. The zero-order valence-electron chi connectivity index (χ0n) is 30.4. The first-order chi connectivity index (χ1) is 25.4. The van der Waals surface area contributed by atoms with Crippen molar-refractivity contribution in [2.45, 2.75) is 77.5 Å². The van der Waals surface area contributed by atoms with Crippen molar-refractivity contribution >= 4 is 39.8 Å². The van der Waals surface area contributed by atoms with Gasteiger partial charge in [-0.25, -0.2) is 4.98 Å². The Kier molecular flexibility index (Phi) is 9.72. The van der Waals surface area contributed by atoms with E-state index in [9.17, 15) is 9.59 Å². The molecule has 0 atom stereocenters. The second-order valence-electron chi connectivity index (χ2n) is 14.6. The lowest BCUT2D eigenvalue weighted by atomic mass is 9.99. The molecule has 2 aromatic carbocycles. The van der Waals surface area contributed by atoms with Gasteiger partial charge in [-0.15, -0.1) is 0 Å². The molecule has 2 saturated heterocycles. The third-order valence-electron chi connectivity index (χ3n) is 11.3. The molecule has 6 heterocycles. The lowest BCUT2D eigenvalue weighted by Gasteiger charge is -2.34. The van der Waals surface area contributed by atoms with E-state index in [4.69, 9.17) is 19.4 Å². The van der Waals surface area contributed by atoms with Gasteiger partial charge in [0.1, 0.15) is 5.82 Å². The third-order valence-corrected chi connectivity index (χ3v) is 11.3. The number of fused-ring (bicyclic) bond motifs is 3. The summed E-state index contributed by atoms with van der Waals surface area (Å²) < 4.78 is 14.4. The summed E-state index contributed by atoms with van der Waals surface area (Å²) in [5, 5.41) is 7.34. The van der Waals surface area contributed by atoms with Crippen molar-refractivity contribution in [3.63, 3.8) is 0 Å². The first-order valence-corrected chi connectivity index (χ1v) is 18.9. The summed E-state index contributed by atoms with van der Waals surface area (Å²) in [6.07, 6.45) is 8.00. The zero-order chi connectivity index (χ0) is 35.8. The van der Waals surface area contributed by atoms with Crippen LogP contribution in [0.25, 0.3) is 27.9 Å². The summed E-state index contributed by atoms with van der Waals surface area (Å²) in [7, 11) is 0. The highest BCUT2D eigenvalue weighted by Crippen LogP contribution is 2.39. The molecular weight excluding hydrogens is 654 g/mol. The molecule has 8 rings (SSSR count). The van der Waals surface area contributed by atoms with Crippen LogP contribution in [0.1, 0.15) is 84.4 Å². The normalized spacial score (nSPS) is 18.1. The van der Waals surface area contributed by atoms with Crippen molar-refractivity contribution < 1.29 is 19.1 Å². The minimum absolute atomic E-state index is 0.0896. The van der Waals surface area contributed by atoms with Crippen LogP contribution in [-0.2, 0) is 27.4 Å². The van der Waals surface area contributed by atoms with Gasteiger partial charge < -0.3 is 34.5 Å². The van der Waals surface area contributed by atoms with Crippen LogP contribution in [0, 0.1) is 6.92 Å². The molecule has 0 aliphatic carbocycles. The van der Waals surface area contributed by atoms with Gasteiger partial charge in [-0.2, -0.15) is 0 Å². The fourth-order valence-electron chi connectivity index (χ4n) is 8.41. The Balaban J connectivity index is 0.902. The van der Waals surface area contributed by atoms with E-state index < -0.39 is 0 Å². The molecule has 2 amide bonds. The number of aromatic nitrogens is 3. The summed E-state index contributed by atoms with van der Waals surface area (Å²) in [4.78, 5) is 39.4. The molecule has 0 saturated carbocycles. The number of nitrogens with one attached hydrogen (secondary N) is 2. The van der Waals surface area contributed by atoms with Crippen LogP contribution in [0.3, 0.4) is 0 Å². The number of piperidine rings is 1. The van der Waals surface area contributed by atoms with E-state index in [1.54, 1.807) is 6.92 Å². The van der Waals surface area contributed by atoms with Crippen molar-refractivity contribution in [3.05, 3.63) is 77.4 Å². The van der Waals surface area contributed by atoms with Crippen LogP contribution in [0.5, 0.6) is 0 Å². The van der Waals surface area contributed by atoms with Gasteiger partial charge in [0.2, 0.25) is 5.91 Å². The maximum Gasteiger partial charge on any atom is 0.258 e. The number of carbonyl (C=O) groups is 2. The van der Waals surface area contributed by atoms with Crippen LogP contribution in [-0.4, -0.2) is 83.4 Å². The molecule has 11 heteroatoms. The number of pyridine rings is 1. The number of nitrogens with zero attached hydrogens (tertiary/aromatic N) is 5. The Hall–Kier alpha value is -4.74. The van der Waals surface area contributed by atoms with Gasteiger partial charge in [0.05, 0.1) is 35.1 Å². The fraction of sp³-hybridized carbons (Fsp3) is 0.463. The first kappa shape index (κ1) is 34.4. The van der Waals surface area contributed by atoms with Gasteiger partial charge in [0, 0.05) is 105 Å². The Morgan fingerprint density at radius 3 is 2.69 bits per heavy atom. The predicted molar refractivity (Wildman–Crippen MR) is 203 cm³/mol. The number of anilines is 2. The second-order valence-corrected chi connectivity index (χ2v) is 14.6. The number of hydrogen-bond donors (Lipinski definition) is 2. The molecule has 0 spiro atoms. The van der Waals surface area contributed by atoms with E-state index in [1.807, 2.05) is 29.3 Å². The molecule has 2 N–H and O–H groups in total. The number of hydrogen-bond acceptors (Lipinski definition) is 8. The van der Waals surface area contributed by atoms with Crippen LogP contribution >= 0.6 is 0 Å². The smallest absolute Gasteiger partial charge is 0.258 e. The SMILES string of the molecule is C=C1NC(=O)c2c(NCCCCOC3CCN(c4cc5nccc(-c6nc(C7CCOCC7)n7c6CN(C(C)=O)CC7)c5cc4C)CC3)cccc21. The minimum atomic E-state index is -0.0896. The topological polar surface area (TPSA) is 114 Å². The van der Waals surface area contributed by atoms with Crippen LogP contribution in [0.15, 0.2) is 49.2 Å². The average Bonchev–Trinajstić information content (AvgIpc) is 3.69. The highest BCUT2D eigenvalue weighted by molar-refractivity contribution is 6.12. The monoisotopic (exact) mass is 703 g/mol. The first-order valence-electron chi connectivity index (χ1n) is 18.9. The van der Waals surface area contributed by atoms with Crippen molar-refractivity contribution in [1.82, 2.24) is 24.8 Å². The molecule has 4 aliphatic rings. The number of imidazole rings is 1. The largest absolute Gasteiger partial charge is 0.384 e. The molecule has 0 bridgehead atoms. The van der Waals surface area contributed by atoms with Gasteiger partial charge in [-0.3, -0.25) is 14.6 Å². The highest BCUT2D eigenvalue weighted by Gasteiger charge is 2.31. The van der Waals surface area contributed by atoms with Gasteiger partial charge >= 0.3 is 0 Å². The van der Waals surface area contributed by atoms with E-state index in [-0.39, 0.29) is 17.9 Å². The summed E-state index contributed by atoms with van der Waals surface area (Å²) in [5.41, 5.74) is 9.68.